The fourth-order valence-corrected chi connectivity index (χ4v) is 5.05. The van der Waals surface area contributed by atoms with Crippen LogP contribution in [-0.4, -0.2) is 0 Å². The van der Waals surface area contributed by atoms with Crippen molar-refractivity contribution in [3.63, 3.8) is 0 Å². The first-order valence-electron chi connectivity index (χ1n) is 11.5. The minimum Gasteiger partial charge on any atom is -0.736 e. The van der Waals surface area contributed by atoms with Gasteiger partial charge in [-0.05, 0) is 44.9 Å². The van der Waals surface area contributed by atoms with Gasteiger partial charge in [-0.25, -0.2) is 4.57 Å². The van der Waals surface area contributed by atoms with Crippen LogP contribution in [0.25, 0.3) is 0 Å². The molecule has 0 spiro atoms. The summed E-state index contributed by atoms with van der Waals surface area (Å²) in [5, 5.41) is 0. The molecule has 0 fully saturated rings. The maximum absolute atomic E-state index is 13.1. The number of benzene rings is 2. The van der Waals surface area contributed by atoms with E-state index in [0.29, 0.717) is 29.8 Å². The van der Waals surface area contributed by atoms with E-state index in [4.69, 9.17) is 9.05 Å². The van der Waals surface area contributed by atoms with Gasteiger partial charge in [0.15, 0.2) is 0 Å². The van der Waals surface area contributed by atoms with Crippen LogP contribution in [0.5, 0.6) is 11.5 Å². The Labute approximate surface area is 212 Å². The van der Waals surface area contributed by atoms with Gasteiger partial charge in [0.25, 0.3) is 0 Å². The molecule has 0 amide bonds. The monoisotopic (exact) mass is 464 g/mol. The average Bonchev–Trinajstić information content (AvgIpc) is 2.60. The summed E-state index contributed by atoms with van der Waals surface area (Å²) in [6, 6.07) is 8.36. The van der Waals surface area contributed by atoms with E-state index in [0.717, 1.165) is 22.3 Å². The minimum atomic E-state index is -4.64. The topological polar surface area (TPSA) is 58.6 Å². The molecular formula is C27H38LiO4P. The smallest absolute Gasteiger partial charge is 0.736 e. The molecule has 33 heavy (non-hydrogen) atoms. The van der Waals surface area contributed by atoms with Gasteiger partial charge in [0, 0.05) is 17.5 Å². The van der Waals surface area contributed by atoms with Gasteiger partial charge in [-0.15, -0.1) is 0 Å². The summed E-state index contributed by atoms with van der Waals surface area (Å²) in [5.74, 6) is 1.46. The molecule has 0 N–H and O–H groups in total. The average molecular weight is 465 g/mol. The molecule has 0 saturated carbocycles. The number of hydrogen-bond donors (Lipinski definition) is 0. The third kappa shape index (κ3) is 6.10. The first kappa shape index (κ1) is 28.1. The normalized spacial score (nSPS) is 15.5. The number of rotatable bonds is 2. The Morgan fingerprint density at radius 2 is 1.09 bits per heavy atom. The standard InChI is InChI=1S/C27H39O4P.Li/c1-16(2)18-11-20-13-21-12-19(17(3)4)15-23(27(8,9)10)25(21)31-32(28,29)30-24(20)22(14-18)26(5,6)7;/h11-12,14-17H,13H2,1-10H3,(H,28,29);/q;+1/p-1. The van der Waals surface area contributed by atoms with Crippen LogP contribution >= 0.6 is 7.82 Å². The maximum atomic E-state index is 13.1. The second kappa shape index (κ2) is 9.47. The molecule has 3 rings (SSSR count). The van der Waals surface area contributed by atoms with Crippen LogP contribution in [0.2, 0.25) is 0 Å². The fraction of sp³-hybridized carbons (Fsp3) is 0.556. The Morgan fingerprint density at radius 1 is 0.758 bits per heavy atom. The predicted octanol–water partition coefficient (Wildman–Crippen LogP) is 4.36. The van der Waals surface area contributed by atoms with E-state index in [2.05, 4.69) is 93.5 Å². The Hall–Kier alpha value is -1.17. The quantitative estimate of drug-likeness (QED) is 0.490. The van der Waals surface area contributed by atoms with Crippen molar-refractivity contribution >= 4 is 7.82 Å². The second-order valence-corrected chi connectivity index (χ2v) is 13.0. The summed E-state index contributed by atoms with van der Waals surface area (Å²) >= 11 is 0. The van der Waals surface area contributed by atoms with Crippen LogP contribution in [-0.2, 0) is 21.8 Å². The van der Waals surface area contributed by atoms with E-state index in [1.807, 2.05) is 0 Å². The molecule has 2 aromatic rings. The SMILES string of the molecule is CC(C)c1cc2c(c(C(C)(C)C)c1)OP(=O)([O-])Oc1c(cc(C(C)C)cc1C(C)(C)C)C2.[Li+]. The van der Waals surface area contributed by atoms with E-state index >= 15 is 0 Å². The first-order chi connectivity index (χ1) is 14.5. The van der Waals surface area contributed by atoms with E-state index in [1.165, 1.54) is 11.1 Å². The first-order valence-corrected chi connectivity index (χ1v) is 13.0. The molecule has 0 saturated heterocycles. The number of phosphoric ester groups is 1. The van der Waals surface area contributed by atoms with Crippen molar-refractivity contribution < 1.29 is 37.4 Å². The van der Waals surface area contributed by atoms with Gasteiger partial charge in [-0.3, -0.25) is 0 Å². The number of phosphoric acid groups is 1. The summed E-state index contributed by atoms with van der Waals surface area (Å²) in [6.45, 7) is 21.1. The van der Waals surface area contributed by atoms with Gasteiger partial charge in [0.05, 0.1) is 0 Å². The molecule has 0 aliphatic carbocycles. The van der Waals surface area contributed by atoms with Gasteiger partial charge in [0.1, 0.15) is 11.5 Å². The summed E-state index contributed by atoms with van der Waals surface area (Å²) in [6.07, 6.45) is 0.554. The van der Waals surface area contributed by atoms with Crippen LogP contribution in [0.3, 0.4) is 0 Å². The molecule has 1 heterocycles. The van der Waals surface area contributed by atoms with Crippen molar-refractivity contribution in [2.24, 2.45) is 0 Å². The molecule has 1 aliphatic rings. The molecule has 0 aromatic heterocycles. The van der Waals surface area contributed by atoms with E-state index in [9.17, 15) is 9.46 Å². The molecule has 4 nitrogen and oxygen atoms in total. The van der Waals surface area contributed by atoms with Crippen molar-refractivity contribution in [1.82, 2.24) is 0 Å². The van der Waals surface area contributed by atoms with Crippen molar-refractivity contribution in [2.45, 2.75) is 98.3 Å². The van der Waals surface area contributed by atoms with Crippen LogP contribution in [0.1, 0.15) is 114 Å². The molecule has 0 radical (unpaired) electrons. The Balaban J connectivity index is 0.00000385. The molecular weight excluding hydrogens is 426 g/mol. The van der Waals surface area contributed by atoms with E-state index in [-0.39, 0.29) is 29.7 Å². The van der Waals surface area contributed by atoms with Crippen molar-refractivity contribution in [3.8, 4) is 11.5 Å². The zero-order valence-electron chi connectivity index (χ0n) is 22.3. The maximum Gasteiger partial charge on any atom is 1.00 e. The third-order valence-corrected chi connectivity index (χ3v) is 6.93. The Kier molecular flexibility index (Phi) is 8.05. The number of hydrogen-bond acceptors (Lipinski definition) is 4. The van der Waals surface area contributed by atoms with Crippen molar-refractivity contribution in [2.75, 3.05) is 0 Å². The van der Waals surface area contributed by atoms with Crippen LogP contribution in [0.4, 0.5) is 0 Å². The van der Waals surface area contributed by atoms with Gasteiger partial charge in [0.2, 0.25) is 0 Å². The minimum absolute atomic E-state index is 0. The van der Waals surface area contributed by atoms with Gasteiger partial charge in [-0.1, -0.05) is 93.5 Å². The van der Waals surface area contributed by atoms with E-state index in [1.54, 1.807) is 0 Å². The number of fused-ring (bicyclic) bond motifs is 2. The summed E-state index contributed by atoms with van der Waals surface area (Å²) in [4.78, 5) is 13.1. The summed E-state index contributed by atoms with van der Waals surface area (Å²) in [5.41, 5.74) is 5.34. The molecule has 0 bridgehead atoms. The third-order valence-electron chi connectivity index (χ3n) is 6.11. The van der Waals surface area contributed by atoms with Crippen molar-refractivity contribution in [1.29, 1.82) is 0 Å². The van der Waals surface area contributed by atoms with Crippen LogP contribution < -0.4 is 32.8 Å². The zero-order chi connectivity index (χ0) is 24.2. The van der Waals surface area contributed by atoms with E-state index < -0.39 is 7.82 Å². The Bertz CT molecular complexity index is 993. The molecule has 0 atom stereocenters. The largest absolute Gasteiger partial charge is 1.00 e. The molecule has 176 valence electrons. The summed E-state index contributed by atoms with van der Waals surface area (Å²) in [7, 11) is -4.64. The molecule has 2 aromatic carbocycles. The second-order valence-electron chi connectivity index (χ2n) is 11.7. The van der Waals surface area contributed by atoms with Crippen molar-refractivity contribution in [3.05, 3.63) is 57.6 Å². The fourth-order valence-electron chi connectivity index (χ4n) is 4.13. The molecule has 0 unspecified atom stereocenters. The summed E-state index contributed by atoms with van der Waals surface area (Å²) < 4.78 is 24.5. The van der Waals surface area contributed by atoms with Gasteiger partial charge in [-0.2, -0.15) is 0 Å². The van der Waals surface area contributed by atoms with Gasteiger partial charge >= 0.3 is 26.7 Å². The van der Waals surface area contributed by atoms with Gasteiger partial charge < -0.3 is 13.9 Å². The van der Waals surface area contributed by atoms with Crippen LogP contribution in [0.15, 0.2) is 24.3 Å². The van der Waals surface area contributed by atoms with Crippen LogP contribution in [0, 0.1) is 0 Å². The zero-order valence-corrected chi connectivity index (χ0v) is 23.1. The molecule has 6 heteroatoms. The Morgan fingerprint density at radius 3 is 1.36 bits per heavy atom. The molecule has 1 aliphatic heterocycles. The predicted molar refractivity (Wildman–Crippen MR) is 130 cm³/mol.